The average Bonchev–Trinajstić information content (AvgIpc) is 2.61. The molecule has 1 aromatic carbocycles. The number of ether oxygens (including phenoxy) is 2. The first-order chi connectivity index (χ1) is 11.5. The summed E-state index contributed by atoms with van der Waals surface area (Å²) in [7, 11) is 2.45. The van der Waals surface area contributed by atoms with Crippen LogP contribution in [0.25, 0.3) is 0 Å². The summed E-state index contributed by atoms with van der Waals surface area (Å²) in [5, 5.41) is 5.06. The van der Waals surface area contributed by atoms with Gasteiger partial charge in [-0.2, -0.15) is 0 Å². The monoisotopic (exact) mass is 329 g/mol. The first-order valence-electron chi connectivity index (χ1n) is 6.84. The van der Waals surface area contributed by atoms with Crippen molar-refractivity contribution in [3.05, 3.63) is 53.9 Å². The maximum atomic E-state index is 12.1. The molecular formula is C16H15N3O5. The molecule has 0 aliphatic carbocycles. The van der Waals surface area contributed by atoms with Gasteiger partial charge < -0.3 is 20.1 Å². The van der Waals surface area contributed by atoms with Crippen molar-refractivity contribution in [2.24, 2.45) is 0 Å². The van der Waals surface area contributed by atoms with Crippen molar-refractivity contribution in [2.45, 2.75) is 0 Å². The van der Waals surface area contributed by atoms with E-state index in [0.29, 0.717) is 5.69 Å². The number of hydrogen-bond donors (Lipinski definition) is 2. The third-order valence-electron chi connectivity index (χ3n) is 3.01. The molecule has 0 saturated heterocycles. The zero-order valence-corrected chi connectivity index (χ0v) is 13.0. The molecule has 8 nitrogen and oxygen atoms in total. The van der Waals surface area contributed by atoms with E-state index in [9.17, 15) is 14.4 Å². The van der Waals surface area contributed by atoms with Gasteiger partial charge in [-0.1, -0.05) is 0 Å². The molecule has 1 heterocycles. The Labute approximate surface area is 137 Å². The quantitative estimate of drug-likeness (QED) is 0.834. The lowest BCUT2D eigenvalue weighted by atomic mass is 10.1. The fourth-order valence-electron chi connectivity index (χ4n) is 1.90. The molecule has 0 atom stereocenters. The predicted molar refractivity (Wildman–Crippen MR) is 86.0 cm³/mol. The van der Waals surface area contributed by atoms with Crippen molar-refractivity contribution in [1.29, 1.82) is 0 Å². The van der Waals surface area contributed by atoms with Crippen LogP contribution in [0.4, 0.5) is 16.2 Å². The molecule has 1 aromatic heterocycles. The Balaban J connectivity index is 2.26. The van der Waals surface area contributed by atoms with Crippen LogP contribution in [0.5, 0.6) is 0 Å². The van der Waals surface area contributed by atoms with E-state index in [1.807, 2.05) is 0 Å². The van der Waals surface area contributed by atoms with E-state index >= 15 is 0 Å². The number of rotatable bonds is 4. The average molecular weight is 329 g/mol. The summed E-state index contributed by atoms with van der Waals surface area (Å²) in [6, 6.07) is 6.82. The molecule has 2 rings (SSSR count). The molecule has 0 saturated carbocycles. The van der Waals surface area contributed by atoms with Gasteiger partial charge in [-0.3, -0.25) is 4.98 Å². The minimum Gasteiger partial charge on any atom is -0.465 e. The van der Waals surface area contributed by atoms with Gasteiger partial charge in [0, 0.05) is 6.20 Å². The fraction of sp³-hybridized carbons (Fsp3) is 0.125. The number of nitrogens with zero attached hydrogens (tertiary/aromatic N) is 1. The zero-order valence-electron chi connectivity index (χ0n) is 13.0. The third-order valence-corrected chi connectivity index (χ3v) is 3.01. The highest BCUT2D eigenvalue weighted by molar-refractivity contribution is 6.06. The second-order valence-electron chi connectivity index (χ2n) is 4.56. The first kappa shape index (κ1) is 16.9. The number of hydrogen-bond acceptors (Lipinski definition) is 6. The van der Waals surface area contributed by atoms with Crippen LogP contribution < -0.4 is 10.6 Å². The molecule has 0 fully saturated rings. The fourth-order valence-corrected chi connectivity index (χ4v) is 1.90. The topological polar surface area (TPSA) is 107 Å². The Morgan fingerprint density at radius 3 is 2.38 bits per heavy atom. The number of nitrogens with one attached hydrogen (secondary N) is 2. The second-order valence-corrected chi connectivity index (χ2v) is 4.56. The zero-order chi connectivity index (χ0) is 17.5. The summed E-state index contributed by atoms with van der Waals surface area (Å²) in [6.45, 7) is 0. The van der Waals surface area contributed by atoms with E-state index < -0.39 is 18.0 Å². The lowest BCUT2D eigenvalue weighted by molar-refractivity contribution is 0.0587. The number of aromatic nitrogens is 1. The SMILES string of the molecule is COC(=O)c1ccc(C(=O)OC)c(NC(=O)Nc2cccnc2)c1. The highest BCUT2D eigenvalue weighted by Gasteiger charge is 2.17. The van der Waals surface area contributed by atoms with Gasteiger partial charge in [-0.25, -0.2) is 14.4 Å². The van der Waals surface area contributed by atoms with Crippen LogP contribution in [0.1, 0.15) is 20.7 Å². The van der Waals surface area contributed by atoms with Crippen LogP contribution in [-0.2, 0) is 9.47 Å². The minimum atomic E-state index is -0.650. The van der Waals surface area contributed by atoms with E-state index in [-0.39, 0.29) is 16.8 Å². The van der Waals surface area contributed by atoms with Crippen LogP contribution in [0.2, 0.25) is 0 Å². The second kappa shape index (κ2) is 7.73. The molecule has 0 unspecified atom stereocenters. The Morgan fingerprint density at radius 1 is 1.00 bits per heavy atom. The van der Waals surface area contributed by atoms with Gasteiger partial charge in [0.25, 0.3) is 0 Å². The standard InChI is InChI=1S/C16H15N3O5/c1-23-14(20)10-5-6-12(15(21)24-2)13(8-10)19-16(22)18-11-4-3-7-17-9-11/h3-9H,1-2H3,(H2,18,19,22). The van der Waals surface area contributed by atoms with Gasteiger partial charge in [-0.15, -0.1) is 0 Å². The van der Waals surface area contributed by atoms with E-state index in [4.69, 9.17) is 0 Å². The largest absolute Gasteiger partial charge is 0.465 e. The Kier molecular flexibility index (Phi) is 5.45. The highest BCUT2D eigenvalue weighted by Crippen LogP contribution is 2.20. The molecule has 2 N–H and O–H groups in total. The lowest BCUT2D eigenvalue weighted by Crippen LogP contribution is -2.21. The van der Waals surface area contributed by atoms with Crippen molar-refractivity contribution in [3.63, 3.8) is 0 Å². The third kappa shape index (κ3) is 4.07. The molecule has 2 aromatic rings. The van der Waals surface area contributed by atoms with Gasteiger partial charge in [0.05, 0.1) is 42.9 Å². The molecule has 24 heavy (non-hydrogen) atoms. The number of methoxy groups -OCH3 is 2. The van der Waals surface area contributed by atoms with Gasteiger partial charge >= 0.3 is 18.0 Å². The normalized spacial score (nSPS) is 9.75. The lowest BCUT2D eigenvalue weighted by Gasteiger charge is -2.12. The van der Waals surface area contributed by atoms with Crippen LogP contribution >= 0.6 is 0 Å². The minimum absolute atomic E-state index is 0.103. The molecule has 0 bridgehead atoms. The van der Waals surface area contributed by atoms with Crippen molar-refractivity contribution in [1.82, 2.24) is 4.98 Å². The molecule has 0 radical (unpaired) electrons. The molecule has 8 heteroatoms. The number of benzene rings is 1. The molecule has 0 aliphatic rings. The predicted octanol–water partition coefficient (Wildman–Crippen LogP) is 2.30. The van der Waals surface area contributed by atoms with E-state index in [1.165, 1.54) is 38.6 Å². The smallest absolute Gasteiger partial charge is 0.339 e. The molecule has 124 valence electrons. The summed E-state index contributed by atoms with van der Waals surface area (Å²) in [5.74, 6) is -1.25. The first-order valence-corrected chi connectivity index (χ1v) is 6.84. The maximum Gasteiger partial charge on any atom is 0.339 e. The van der Waals surface area contributed by atoms with Gasteiger partial charge in [0.1, 0.15) is 0 Å². The summed E-state index contributed by atoms with van der Waals surface area (Å²) >= 11 is 0. The number of anilines is 2. The number of esters is 2. The van der Waals surface area contributed by atoms with Crippen LogP contribution in [-0.4, -0.2) is 37.2 Å². The summed E-state index contributed by atoms with van der Waals surface area (Å²) < 4.78 is 9.29. The Morgan fingerprint density at radius 2 is 1.75 bits per heavy atom. The van der Waals surface area contributed by atoms with Crippen molar-refractivity contribution in [3.8, 4) is 0 Å². The van der Waals surface area contributed by atoms with E-state index in [0.717, 1.165) is 0 Å². The molecule has 0 aliphatic heterocycles. The van der Waals surface area contributed by atoms with E-state index in [2.05, 4.69) is 25.1 Å². The molecular weight excluding hydrogens is 314 g/mol. The maximum absolute atomic E-state index is 12.1. The van der Waals surface area contributed by atoms with Gasteiger partial charge in [0.2, 0.25) is 0 Å². The summed E-state index contributed by atoms with van der Waals surface area (Å²) in [5.41, 5.74) is 0.873. The van der Waals surface area contributed by atoms with Crippen LogP contribution in [0, 0.1) is 0 Å². The molecule has 2 amide bonds. The van der Waals surface area contributed by atoms with Crippen molar-refractivity contribution in [2.75, 3.05) is 24.9 Å². The Hall–Kier alpha value is -3.42. The Bertz CT molecular complexity index is 762. The highest BCUT2D eigenvalue weighted by atomic mass is 16.5. The van der Waals surface area contributed by atoms with Gasteiger partial charge in [0.15, 0.2) is 0 Å². The van der Waals surface area contributed by atoms with Crippen molar-refractivity contribution < 1.29 is 23.9 Å². The summed E-state index contributed by atoms with van der Waals surface area (Å²) in [6.07, 6.45) is 3.03. The van der Waals surface area contributed by atoms with E-state index in [1.54, 1.807) is 18.3 Å². The number of urea groups is 1. The van der Waals surface area contributed by atoms with Crippen LogP contribution in [0.3, 0.4) is 0 Å². The van der Waals surface area contributed by atoms with Crippen LogP contribution in [0.15, 0.2) is 42.7 Å². The number of amides is 2. The number of pyridine rings is 1. The van der Waals surface area contributed by atoms with Gasteiger partial charge in [-0.05, 0) is 30.3 Å². The molecule has 0 spiro atoms. The number of carbonyl (C=O) groups is 3. The van der Waals surface area contributed by atoms with Crippen molar-refractivity contribution >= 4 is 29.3 Å². The summed E-state index contributed by atoms with van der Waals surface area (Å²) in [4.78, 5) is 39.4. The number of carbonyl (C=O) groups excluding carboxylic acids is 3.